The Hall–Kier alpha value is -1.71. The lowest BCUT2D eigenvalue weighted by atomic mass is 9.79. The summed E-state index contributed by atoms with van der Waals surface area (Å²) in [5, 5.41) is 0. The van der Waals surface area contributed by atoms with Gasteiger partial charge in [-0.3, -0.25) is 9.59 Å². The Morgan fingerprint density at radius 3 is 2.61 bits per heavy atom. The Morgan fingerprint density at radius 2 is 2.11 bits per heavy atom. The Balaban J connectivity index is 2.93. The molecule has 4 heteroatoms. The number of ether oxygens (including phenoxy) is 1. The first-order valence-corrected chi connectivity index (χ1v) is 6.16. The van der Waals surface area contributed by atoms with Crippen LogP contribution in [0.25, 0.3) is 0 Å². The van der Waals surface area contributed by atoms with Gasteiger partial charge in [0.25, 0.3) is 5.78 Å². The minimum Gasteiger partial charge on any atom is -0.460 e. The quantitative estimate of drug-likeness (QED) is 0.425. The van der Waals surface area contributed by atoms with E-state index in [9.17, 15) is 14.4 Å². The summed E-state index contributed by atoms with van der Waals surface area (Å²) in [5.41, 5.74) is 1.49. The zero-order valence-electron chi connectivity index (χ0n) is 10.8. The average molecular weight is 250 g/mol. The molecule has 98 valence electrons. The standard InChI is InChI=1S/C14H18O4/c1-4-9-7-8-11(12(15)10(9)5-2)13(16)14(17)18-6-3/h5,11H,2,4,6-8H2,1,3H3. The number of ketones is 2. The van der Waals surface area contributed by atoms with Gasteiger partial charge in [-0.15, -0.1) is 0 Å². The molecule has 0 fully saturated rings. The van der Waals surface area contributed by atoms with Crippen molar-refractivity contribution in [2.75, 3.05) is 6.61 Å². The van der Waals surface area contributed by atoms with Crippen molar-refractivity contribution in [2.24, 2.45) is 5.92 Å². The molecule has 4 nitrogen and oxygen atoms in total. The first kappa shape index (κ1) is 14.4. The lowest BCUT2D eigenvalue weighted by molar-refractivity contribution is -0.156. The Kier molecular flexibility index (Phi) is 5.01. The van der Waals surface area contributed by atoms with Crippen molar-refractivity contribution < 1.29 is 19.1 Å². The molecule has 0 bridgehead atoms. The van der Waals surface area contributed by atoms with Gasteiger partial charge in [-0.1, -0.05) is 25.2 Å². The van der Waals surface area contributed by atoms with E-state index in [4.69, 9.17) is 0 Å². The third-order valence-corrected chi connectivity index (χ3v) is 3.12. The van der Waals surface area contributed by atoms with Crippen LogP contribution >= 0.6 is 0 Å². The largest absolute Gasteiger partial charge is 0.460 e. The lowest BCUT2D eigenvalue weighted by Gasteiger charge is -2.22. The van der Waals surface area contributed by atoms with Crippen LogP contribution in [0, 0.1) is 5.92 Å². The van der Waals surface area contributed by atoms with E-state index in [1.807, 2.05) is 6.92 Å². The molecular formula is C14H18O4. The highest BCUT2D eigenvalue weighted by Crippen LogP contribution is 2.29. The molecule has 0 aromatic rings. The van der Waals surface area contributed by atoms with Crippen LogP contribution in [0.3, 0.4) is 0 Å². The van der Waals surface area contributed by atoms with E-state index in [1.165, 1.54) is 6.08 Å². The molecule has 0 aromatic carbocycles. The number of allylic oxidation sites excluding steroid dienone is 3. The molecule has 1 aliphatic rings. The van der Waals surface area contributed by atoms with E-state index in [0.29, 0.717) is 18.4 Å². The molecule has 0 radical (unpaired) electrons. The highest BCUT2D eigenvalue weighted by molar-refractivity contribution is 6.39. The fraction of sp³-hybridized carbons (Fsp3) is 0.500. The molecule has 0 amide bonds. The number of hydrogen-bond donors (Lipinski definition) is 0. The van der Waals surface area contributed by atoms with Gasteiger partial charge in [0.1, 0.15) is 0 Å². The first-order valence-electron chi connectivity index (χ1n) is 6.16. The fourth-order valence-electron chi connectivity index (χ4n) is 2.15. The van der Waals surface area contributed by atoms with Crippen molar-refractivity contribution in [3.05, 3.63) is 23.8 Å². The van der Waals surface area contributed by atoms with Crippen LogP contribution in [0.1, 0.15) is 33.1 Å². The highest BCUT2D eigenvalue weighted by Gasteiger charge is 2.36. The van der Waals surface area contributed by atoms with E-state index in [-0.39, 0.29) is 12.4 Å². The number of rotatable bonds is 5. The summed E-state index contributed by atoms with van der Waals surface area (Å²) in [5.74, 6) is -2.85. The molecule has 1 atom stereocenters. The summed E-state index contributed by atoms with van der Waals surface area (Å²) in [7, 11) is 0. The predicted molar refractivity (Wildman–Crippen MR) is 66.9 cm³/mol. The van der Waals surface area contributed by atoms with Crippen LogP contribution in [0.2, 0.25) is 0 Å². The smallest absolute Gasteiger partial charge is 0.375 e. The number of esters is 1. The van der Waals surface area contributed by atoms with E-state index >= 15 is 0 Å². The van der Waals surface area contributed by atoms with Crippen molar-refractivity contribution in [3.8, 4) is 0 Å². The molecule has 0 aliphatic heterocycles. The average Bonchev–Trinajstić information content (AvgIpc) is 2.37. The van der Waals surface area contributed by atoms with Crippen LogP contribution in [0.15, 0.2) is 23.8 Å². The Morgan fingerprint density at radius 1 is 1.44 bits per heavy atom. The second kappa shape index (κ2) is 6.28. The zero-order valence-corrected chi connectivity index (χ0v) is 10.8. The van der Waals surface area contributed by atoms with Gasteiger partial charge in [-0.05, 0) is 26.2 Å². The maximum absolute atomic E-state index is 12.1. The van der Waals surface area contributed by atoms with E-state index in [1.54, 1.807) is 6.92 Å². The lowest BCUT2D eigenvalue weighted by Crippen LogP contribution is -2.34. The summed E-state index contributed by atoms with van der Waals surface area (Å²) < 4.78 is 4.64. The van der Waals surface area contributed by atoms with Gasteiger partial charge in [0, 0.05) is 5.57 Å². The maximum Gasteiger partial charge on any atom is 0.375 e. The van der Waals surface area contributed by atoms with E-state index in [0.717, 1.165) is 12.0 Å². The molecule has 0 saturated carbocycles. The monoisotopic (exact) mass is 250 g/mol. The van der Waals surface area contributed by atoms with Crippen molar-refractivity contribution in [3.63, 3.8) is 0 Å². The topological polar surface area (TPSA) is 60.4 Å². The molecule has 1 aliphatic carbocycles. The molecule has 1 unspecified atom stereocenters. The molecular weight excluding hydrogens is 232 g/mol. The van der Waals surface area contributed by atoms with Gasteiger partial charge in [-0.25, -0.2) is 4.79 Å². The van der Waals surface area contributed by atoms with Gasteiger partial charge >= 0.3 is 5.97 Å². The molecule has 0 N–H and O–H groups in total. The number of carbonyl (C=O) groups is 3. The normalized spacial score (nSPS) is 19.7. The van der Waals surface area contributed by atoms with Crippen LogP contribution < -0.4 is 0 Å². The minimum atomic E-state index is -0.917. The summed E-state index contributed by atoms with van der Waals surface area (Å²) in [4.78, 5) is 35.3. The van der Waals surface area contributed by atoms with Crippen LogP contribution in [-0.4, -0.2) is 24.1 Å². The predicted octanol–water partition coefficient (Wildman–Crippen LogP) is 1.99. The third kappa shape index (κ3) is 2.75. The number of hydrogen-bond acceptors (Lipinski definition) is 4. The molecule has 0 spiro atoms. The van der Waals surface area contributed by atoms with Gasteiger partial charge in [-0.2, -0.15) is 0 Å². The van der Waals surface area contributed by atoms with Crippen molar-refractivity contribution in [1.82, 2.24) is 0 Å². The van der Waals surface area contributed by atoms with E-state index in [2.05, 4.69) is 11.3 Å². The SMILES string of the molecule is C=CC1=C(CC)CCC(C(=O)C(=O)OCC)C1=O. The zero-order chi connectivity index (χ0) is 13.7. The molecule has 1 rings (SSSR count). The Bertz CT molecular complexity index is 418. The van der Waals surface area contributed by atoms with Gasteiger partial charge in [0.15, 0.2) is 5.78 Å². The molecule has 18 heavy (non-hydrogen) atoms. The third-order valence-electron chi connectivity index (χ3n) is 3.12. The second-order valence-corrected chi connectivity index (χ2v) is 4.12. The van der Waals surface area contributed by atoms with E-state index < -0.39 is 17.7 Å². The van der Waals surface area contributed by atoms with Gasteiger partial charge in [0.05, 0.1) is 12.5 Å². The summed E-state index contributed by atoms with van der Waals surface area (Å²) in [6, 6.07) is 0. The van der Waals surface area contributed by atoms with Crippen molar-refractivity contribution in [1.29, 1.82) is 0 Å². The van der Waals surface area contributed by atoms with Crippen molar-refractivity contribution in [2.45, 2.75) is 33.1 Å². The van der Waals surface area contributed by atoms with Gasteiger partial charge < -0.3 is 4.74 Å². The fourth-order valence-corrected chi connectivity index (χ4v) is 2.15. The number of Topliss-reactive ketones (excluding diaryl/α,β-unsaturated/α-hetero) is 2. The van der Waals surface area contributed by atoms with Crippen molar-refractivity contribution >= 4 is 17.5 Å². The number of carbonyl (C=O) groups excluding carboxylic acids is 3. The summed E-state index contributed by atoms with van der Waals surface area (Å²) >= 11 is 0. The maximum atomic E-state index is 12.1. The molecule has 0 aromatic heterocycles. The molecule has 0 heterocycles. The second-order valence-electron chi connectivity index (χ2n) is 4.12. The van der Waals surface area contributed by atoms with Crippen LogP contribution in [-0.2, 0) is 19.1 Å². The minimum absolute atomic E-state index is 0.135. The summed E-state index contributed by atoms with van der Waals surface area (Å²) in [6.07, 6.45) is 3.27. The summed E-state index contributed by atoms with van der Waals surface area (Å²) in [6.45, 7) is 7.32. The van der Waals surface area contributed by atoms with Crippen LogP contribution in [0.5, 0.6) is 0 Å². The molecule has 0 saturated heterocycles. The first-order chi connectivity index (χ1) is 8.56. The van der Waals surface area contributed by atoms with Gasteiger partial charge in [0.2, 0.25) is 0 Å². The van der Waals surface area contributed by atoms with Crippen LogP contribution in [0.4, 0.5) is 0 Å². The highest BCUT2D eigenvalue weighted by atomic mass is 16.5. The Labute approximate surface area is 107 Å².